The Morgan fingerprint density at radius 2 is 1.76 bits per heavy atom. The molecular weight excluding hydrogens is 256 g/mol. The second-order valence-electron chi connectivity index (χ2n) is 6.15. The fourth-order valence-electron chi connectivity index (χ4n) is 3.32. The largest absolute Gasteiger partial charge is 0.459 e. The number of hydrogen-bond donors (Lipinski definition) is 0. The zero-order chi connectivity index (χ0) is 14.4. The van der Waals surface area contributed by atoms with E-state index in [1.54, 1.807) is 0 Å². The van der Waals surface area contributed by atoms with Gasteiger partial charge in [-0.25, -0.2) is 0 Å². The molecule has 3 aromatic rings. The molecule has 0 saturated heterocycles. The van der Waals surface area contributed by atoms with E-state index < -0.39 is 0 Å². The van der Waals surface area contributed by atoms with Gasteiger partial charge in [-0.1, -0.05) is 60.2 Å². The fraction of sp³-hybridized carbons (Fsp3) is 0.200. The standard InChI is InChI=1S/C20H18O/c1-14-9-11-15(12-10-14)20(2)13-5-7-17-16-6-3-4-8-18(16)21-19(17)20/h3-12H,13H2,1-2H3. The Balaban J connectivity index is 1.97. The second-order valence-corrected chi connectivity index (χ2v) is 6.15. The van der Waals surface area contributed by atoms with Gasteiger partial charge in [0, 0.05) is 10.9 Å². The van der Waals surface area contributed by atoms with Crippen LogP contribution in [-0.2, 0) is 5.41 Å². The first-order chi connectivity index (χ1) is 10.2. The molecule has 0 radical (unpaired) electrons. The maximum atomic E-state index is 6.24. The molecule has 1 aliphatic carbocycles. The van der Waals surface area contributed by atoms with Gasteiger partial charge < -0.3 is 4.42 Å². The van der Waals surface area contributed by atoms with Gasteiger partial charge in [0.15, 0.2) is 0 Å². The third-order valence-corrected chi connectivity index (χ3v) is 4.63. The lowest BCUT2D eigenvalue weighted by Gasteiger charge is -2.30. The van der Waals surface area contributed by atoms with Gasteiger partial charge in [0.2, 0.25) is 0 Å². The molecule has 0 fully saturated rings. The van der Waals surface area contributed by atoms with Crippen molar-refractivity contribution in [2.75, 3.05) is 0 Å². The zero-order valence-corrected chi connectivity index (χ0v) is 12.4. The van der Waals surface area contributed by atoms with Crippen molar-refractivity contribution in [2.24, 2.45) is 0 Å². The first-order valence-corrected chi connectivity index (χ1v) is 7.44. The first-order valence-electron chi connectivity index (χ1n) is 7.44. The van der Waals surface area contributed by atoms with E-state index in [-0.39, 0.29) is 5.41 Å². The van der Waals surface area contributed by atoms with Crippen molar-refractivity contribution in [2.45, 2.75) is 25.7 Å². The summed E-state index contributed by atoms with van der Waals surface area (Å²) in [4.78, 5) is 0. The molecule has 4 rings (SSSR count). The van der Waals surface area contributed by atoms with Crippen molar-refractivity contribution in [1.82, 2.24) is 0 Å². The van der Waals surface area contributed by atoms with Crippen LogP contribution in [0.4, 0.5) is 0 Å². The number of furan rings is 1. The van der Waals surface area contributed by atoms with E-state index in [0.29, 0.717) is 0 Å². The predicted molar refractivity (Wildman–Crippen MR) is 87.5 cm³/mol. The van der Waals surface area contributed by atoms with Crippen LogP contribution in [0.5, 0.6) is 0 Å². The van der Waals surface area contributed by atoms with Gasteiger partial charge in [-0.05, 0) is 31.9 Å². The van der Waals surface area contributed by atoms with E-state index in [4.69, 9.17) is 4.42 Å². The van der Waals surface area contributed by atoms with Gasteiger partial charge in [-0.3, -0.25) is 0 Å². The first kappa shape index (κ1) is 12.5. The fourth-order valence-corrected chi connectivity index (χ4v) is 3.32. The highest BCUT2D eigenvalue weighted by Gasteiger charge is 2.36. The van der Waals surface area contributed by atoms with Crippen molar-refractivity contribution in [3.8, 4) is 0 Å². The average Bonchev–Trinajstić information content (AvgIpc) is 2.89. The molecule has 1 heterocycles. The van der Waals surface area contributed by atoms with Crippen molar-refractivity contribution >= 4 is 17.0 Å². The van der Waals surface area contributed by atoms with Crippen LogP contribution in [0.3, 0.4) is 0 Å². The Labute approximate surface area is 124 Å². The summed E-state index contributed by atoms with van der Waals surface area (Å²) in [6.45, 7) is 4.40. The van der Waals surface area contributed by atoms with E-state index in [9.17, 15) is 0 Å². The number of benzene rings is 2. The number of fused-ring (bicyclic) bond motifs is 3. The van der Waals surface area contributed by atoms with Crippen molar-refractivity contribution in [3.63, 3.8) is 0 Å². The van der Waals surface area contributed by atoms with E-state index >= 15 is 0 Å². The maximum Gasteiger partial charge on any atom is 0.134 e. The van der Waals surface area contributed by atoms with Crippen LogP contribution < -0.4 is 0 Å². The highest BCUT2D eigenvalue weighted by molar-refractivity contribution is 5.90. The van der Waals surface area contributed by atoms with Gasteiger partial charge in [0.05, 0.1) is 5.41 Å². The number of hydrogen-bond acceptors (Lipinski definition) is 1. The van der Waals surface area contributed by atoms with Crippen LogP contribution in [0.2, 0.25) is 0 Å². The molecule has 0 saturated carbocycles. The molecule has 0 aliphatic heterocycles. The van der Waals surface area contributed by atoms with Crippen molar-refractivity contribution < 1.29 is 4.42 Å². The molecule has 1 aromatic heterocycles. The normalized spacial score (nSPS) is 20.7. The summed E-state index contributed by atoms with van der Waals surface area (Å²) >= 11 is 0. The molecule has 0 spiro atoms. The van der Waals surface area contributed by atoms with Crippen LogP contribution in [0.25, 0.3) is 17.0 Å². The van der Waals surface area contributed by atoms with Crippen LogP contribution in [0, 0.1) is 6.92 Å². The average molecular weight is 274 g/mol. The Morgan fingerprint density at radius 3 is 2.57 bits per heavy atom. The number of allylic oxidation sites excluding steroid dienone is 1. The summed E-state index contributed by atoms with van der Waals surface area (Å²) in [5.74, 6) is 1.09. The molecular formula is C20H18O. The minimum Gasteiger partial charge on any atom is -0.459 e. The molecule has 104 valence electrons. The summed E-state index contributed by atoms with van der Waals surface area (Å²) in [6, 6.07) is 17.1. The summed E-state index contributed by atoms with van der Waals surface area (Å²) in [5, 5.41) is 1.21. The monoisotopic (exact) mass is 274 g/mol. The molecule has 1 unspecified atom stereocenters. The molecule has 1 heteroatoms. The quantitative estimate of drug-likeness (QED) is 0.574. The lowest BCUT2D eigenvalue weighted by Crippen LogP contribution is -2.24. The summed E-state index contributed by atoms with van der Waals surface area (Å²) in [6.07, 6.45) is 5.45. The van der Waals surface area contributed by atoms with Crippen molar-refractivity contribution in [3.05, 3.63) is 77.1 Å². The smallest absolute Gasteiger partial charge is 0.134 e. The zero-order valence-electron chi connectivity index (χ0n) is 12.4. The SMILES string of the molecule is Cc1ccc(C2(C)CC=Cc3c2oc2ccccc32)cc1. The topological polar surface area (TPSA) is 13.1 Å². The number of rotatable bonds is 1. The van der Waals surface area contributed by atoms with Crippen LogP contribution >= 0.6 is 0 Å². The summed E-state index contributed by atoms with van der Waals surface area (Å²) < 4.78 is 6.24. The van der Waals surface area contributed by atoms with Gasteiger partial charge in [0.1, 0.15) is 11.3 Å². The number of para-hydroxylation sites is 1. The molecule has 1 aliphatic rings. The molecule has 0 bridgehead atoms. The Hall–Kier alpha value is -2.28. The number of aryl methyl sites for hydroxylation is 1. The lowest BCUT2D eigenvalue weighted by molar-refractivity contribution is 0.425. The Kier molecular flexibility index (Phi) is 2.58. The van der Waals surface area contributed by atoms with E-state index in [0.717, 1.165) is 17.8 Å². The third kappa shape index (κ3) is 1.77. The van der Waals surface area contributed by atoms with Crippen LogP contribution in [-0.4, -0.2) is 0 Å². The summed E-state index contributed by atoms with van der Waals surface area (Å²) in [5.41, 5.74) is 4.74. The van der Waals surface area contributed by atoms with Crippen molar-refractivity contribution in [1.29, 1.82) is 0 Å². The highest BCUT2D eigenvalue weighted by Crippen LogP contribution is 2.44. The molecule has 1 nitrogen and oxygen atoms in total. The molecule has 0 N–H and O–H groups in total. The van der Waals surface area contributed by atoms with Gasteiger partial charge in [-0.15, -0.1) is 0 Å². The molecule has 21 heavy (non-hydrogen) atoms. The minimum atomic E-state index is -0.0865. The third-order valence-electron chi connectivity index (χ3n) is 4.63. The van der Waals surface area contributed by atoms with Crippen LogP contribution in [0.1, 0.15) is 35.8 Å². The van der Waals surface area contributed by atoms with E-state index in [1.165, 1.54) is 22.1 Å². The van der Waals surface area contributed by atoms with E-state index in [1.807, 2.05) is 6.07 Å². The molecule has 2 aromatic carbocycles. The van der Waals surface area contributed by atoms with E-state index in [2.05, 4.69) is 68.5 Å². The van der Waals surface area contributed by atoms with Gasteiger partial charge in [-0.2, -0.15) is 0 Å². The Morgan fingerprint density at radius 1 is 1.00 bits per heavy atom. The van der Waals surface area contributed by atoms with Gasteiger partial charge >= 0.3 is 0 Å². The maximum absolute atomic E-state index is 6.24. The minimum absolute atomic E-state index is 0.0865. The summed E-state index contributed by atoms with van der Waals surface area (Å²) in [7, 11) is 0. The Bertz CT molecular complexity index is 836. The van der Waals surface area contributed by atoms with Gasteiger partial charge in [0.25, 0.3) is 0 Å². The lowest BCUT2D eigenvalue weighted by atomic mass is 9.73. The van der Waals surface area contributed by atoms with Crippen LogP contribution in [0.15, 0.2) is 59.0 Å². The predicted octanol–water partition coefficient (Wildman–Crippen LogP) is 5.46. The second kappa shape index (κ2) is 4.36. The highest BCUT2D eigenvalue weighted by atomic mass is 16.3. The molecule has 1 atom stereocenters. The molecule has 0 amide bonds.